The van der Waals surface area contributed by atoms with E-state index in [4.69, 9.17) is 4.74 Å². The Kier molecular flexibility index (Phi) is 6.66. The first-order valence-corrected chi connectivity index (χ1v) is 12.0. The van der Waals surface area contributed by atoms with Gasteiger partial charge in [-0.3, -0.25) is 4.72 Å². The van der Waals surface area contributed by atoms with Gasteiger partial charge in [0.1, 0.15) is 0 Å². The largest absolute Gasteiger partial charge is 0.475 e. The molecule has 1 N–H and O–H groups in total. The van der Waals surface area contributed by atoms with Crippen LogP contribution in [0.1, 0.15) is 24.0 Å². The summed E-state index contributed by atoms with van der Waals surface area (Å²) in [4.78, 5) is 9.20. The number of ether oxygens (including phenoxy) is 1. The molecule has 1 aromatic heterocycles. The lowest BCUT2D eigenvalue weighted by molar-refractivity contribution is 0.297. The number of rotatable bonds is 9. The van der Waals surface area contributed by atoms with Gasteiger partial charge in [-0.2, -0.15) is 0 Å². The van der Waals surface area contributed by atoms with Gasteiger partial charge in [0.25, 0.3) is 15.9 Å². The number of sulfonamides is 1. The molecular formula is C25H25N3O3S. The minimum absolute atomic E-state index is 0.0926. The Bertz CT molecular complexity index is 1310. The van der Waals surface area contributed by atoms with Crippen LogP contribution in [-0.2, 0) is 16.4 Å². The van der Waals surface area contributed by atoms with Crippen LogP contribution in [0.3, 0.4) is 0 Å². The van der Waals surface area contributed by atoms with Gasteiger partial charge in [-0.1, -0.05) is 60.7 Å². The number of benzene rings is 3. The second-order valence-corrected chi connectivity index (χ2v) is 9.18. The van der Waals surface area contributed by atoms with Gasteiger partial charge in [0, 0.05) is 0 Å². The summed E-state index contributed by atoms with van der Waals surface area (Å²) in [7, 11) is -3.84. The number of fused-ring (bicyclic) bond motifs is 1. The van der Waals surface area contributed by atoms with Crippen molar-refractivity contribution in [3.63, 3.8) is 0 Å². The molecule has 6 nitrogen and oxygen atoms in total. The van der Waals surface area contributed by atoms with Crippen molar-refractivity contribution in [2.45, 2.75) is 31.1 Å². The van der Waals surface area contributed by atoms with Gasteiger partial charge >= 0.3 is 0 Å². The van der Waals surface area contributed by atoms with Crippen LogP contribution in [0.2, 0.25) is 0 Å². The smallest absolute Gasteiger partial charge is 0.263 e. The number of nitrogens with zero attached hydrogens (tertiary/aromatic N) is 2. The number of anilines is 1. The minimum atomic E-state index is -3.84. The van der Waals surface area contributed by atoms with Crippen molar-refractivity contribution in [3.05, 3.63) is 90.0 Å². The molecule has 1 heterocycles. The third kappa shape index (κ3) is 5.23. The highest BCUT2D eigenvalue weighted by Gasteiger charge is 2.21. The first-order chi connectivity index (χ1) is 15.5. The summed E-state index contributed by atoms with van der Waals surface area (Å²) in [6.45, 7) is 2.17. The van der Waals surface area contributed by atoms with Crippen LogP contribution in [0.25, 0.3) is 11.0 Å². The topological polar surface area (TPSA) is 81.2 Å². The van der Waals surface area contributed by atoms with Gasteiger partial charge < -0.3 is 4.74 Å². The zero-order valence-electron chi connectivity index (χ0n) is 17.9. The number of nitrogens with one attached hydrogen (secondary N) is 1. The van der Waals surface area contributed by atoms with E-state index in [0.29, 0.717) is 23.2 Å². The van der Waals surface area contributed by atoms with E-state index < -0.39 is 10.0 Å². The maximum atomic E-state index is 13.0. The number of para-hydroxylation sites is 2. The lowest BCUT2D eigenvalue weighted by atomic mass is 10.1. The fraction of sp³-hybridized carbons (Fsp3) is 0.200. The second kappa shape index (κ2) is 9.78. The lowest BCUT2D eigenvalue weighted by Crippen LogP contribution is -2.17. The first kappa shape index (κ1) is 21.8. The highest BCUT2D eigenvalue weighted by atomic mass is 32.2. The molecule has 3 aromatic carbocycles. The molecule has 0 saturated heterocycles. The molecule has 0 aliphatic carbocycles. The van der Waals surface area contributed by atoms with Gasteiger partial charge in [0.2, 0.25) is 5.82 Å². The highest BCUT2D eigenvalue weighted by Crippen LogP contribution is 2.27. The molecule has 0 saturated carbocycles. The lowest BCUT2D eigenvalue weighted by Gasteiger charge is -2.14. The molecule has 0 fully saturated rings. The van der Waals surface area contributed by atoms with Crippen molar-refractivity contribution < 1.29 is 13.2 Å². The quantitative estimate of drug-likeness (QED) is 0.359. The van der Waals surface area contributed by atoms with Crippen LogP contribution >= 0.6 is 0 Å². The number of aryl methyl sites for hydroxylation is 2. The average molecular weight is 448 g/mol. The molecule has 0 spiro atoms. The van der Waals surface area contributed by atoms with Crippen molar-refractivity contribution in [2.75, 3.05) is 11.3 Å². The summed E-state index contributed by atoms with van der Waals surface area (Å²) >= 11 is 0. The predicted molar refractivity (Wildman–Crippen MR) is 126 cm³/mol. The highest BCUT2D eigenvalue weighted by molar-refractivity contribution is 7.92. The van der Waals surface area contributed by atoms with E-state index >= 15 is 0 Å². The van der Waals surface area contributed by atoms with Gasteiger partial charge in [-0.15, -0.1) is 0 Å². The molecule has 0 atom stereocenters. The summed E-state index contributed by atoms with van der Waals surface area (Å²) in [5.74, 6) is 0.274. The number of hydrogen-bond acceptors (Lipinski definition) is 5. The molecule has 0 amide bonds. The Morgan fingerprint density at radius 3 is 2.22 bits per heavy atom. The van der Waals surface area contributed by atoms with Gasteiger partial charge in [0.05, 0.1) is 22.5 Å². The molecule has 0 aliphatic heterocycles. The third-order valence-electron chi connectivity index (χ3n) is 5.09. The third-order valence-corrected chi connectivity index (χ3v) is 6.59. The standard InChI is InChI=1S/C25H25N3O3S/c1-19-11-5-8-17-23(19)32(29,30)28-24-25(27-22-16-7-6-15-21(22)26-24)31-18-10-9-14-20-12-3-2-4-13-20/h2-8,11-13,15-17H,9-10,14,18H2,1H3,(H,26,28). The van der Waals surface area contributed by atoms with E-state index in [0.717, 1.165) is 19.3 Å². The molecule has 32 heavy (non-hydrogen) atoms. The molecule has 164 valence electrons. The average Bonchev–Trinajstić information content (AvgIpc) is 2.79. The van der Waals surface area contributed by atoms with E-state index in [9.17, 15) is 8.42 Å². The second-order valence-electron chi connectivity index (χ2n) is 7.53. The van der Waals surface area contributed by atoms with Crippen LogP contribution in [0.5, 0.6) is 5.88 Å². The summed E-state index contributed by atoms with van der Waals surface area (Å²) < 4.78 is 34.5. The Morgan fingerprint density at radius 2 is 1.47 bits per heavy atom. The van der Waals surface area contributed by atoms with E-state index in [1.54, 1.807) is 37.3 Å². The molecule has 7 heteroatoms. The molecular weight excluding hydrogens is 422 g/mol. The van der Waals surface area contributed by atoms with Crippen LogP contribution in [0.4, 0.5) is 5.82 Å². The normalized spacial score (nSPS) is 11.4. The fourth-order valence-corrected chi connectivity index (χ4v) is 4.68. The van der Waals surface area contributed by atoms with Crippen LogP contribution in [0, 0.1) is 6.92 Å². The molecule has 0 unspecified atom stereocenters. The Hall–Kier alpha value is -3.45. The molecule has 0 aliphatic rings. The van der Waals surface area contributed by atoms with Crippen molar-refractivity contribution in [1.29, 1.82) is 0 Å². The zero-order valence-corrected chi connectivity index (χ0v) is 18.7. The maximum Gasteiger partial charge on any atom is 0.263 e. The van der Waals surface area contributed by atoms with E-state index in [1.165, 1.54) is 5.56 Å². The van der Waals surface area contributed by atoms with Crippen LogP contribution < -0.4 is 9.46 Å². The van der Waals surface area contributed by atoms with E-state index in [2.05, 4.69) is 26.8 Å². The van der Waals surface area contributed by atoms with Gasteiger partial charge in [-0.05, 0) is 55.5 Å². The number of hydrogen-bond donors (Lipinski definition) is 1. The van der Waals surface area contributed by atoms with Crippen LogP contribution in [-0.4, -0.2) is 25.0 Å². The monoisotopic (exact) mass is 447 g/mol. The van der Waals surface area contributed by atoms with Gasteiger partial charge in [-0.25, -0.2) is 18.4 Å². The number of unbranched alkanes of at least 4 members (excludes halogenated alkanes) is 1. The minimum Gasteiger partial charge on any atom is -0.475 e. The maximum absolute atomic E-state index is 13.0. The summed E-state index contributed by atoms with van der Waals surface area (Å²) in [5.41, 5.74) is 3.17. The Labute approximate surface area is 188 Å². The predicted octanol–water partition coefficient (Wildman–Crippen LogP) is 5.14. The molecule has 4 aromatic rings. The van der Waals surface area contributed by atoms with Crippen molar-refractivity contribution >= 4 is 26.9 Å². The SMILES string of the molecule is Cc1ccccc1S(=O)(=O)Nc1nc2ccccc2nc1OCCCCc1ccccc1. The Morgan fingerprint density at radius 1 is 0.812 bits per heavy atom. The molecule has 4 rings (SSSR count). The molecule has 0 radical (unpaired) electrons. The van der Waals surface area contributed by atoms with Crippen LogP contribution in [0.15, 0.2) is 83.8 Å². The number of aromatic nitrogens is 2. The van der Waals surface area contributed by atoms with E-state index in [1.807, 2.05) is 36.4 Å². The van der Waals surface area contributed by atoms with Gasteiger partial charge in [0.15, 0.2) is 0 Å². The Balaban J connectivity index is 1.52. The first-order valence-electron chi connectivity index (χ1n) is 10.5. The molecule has 0 bridgehead atoms. The van der Waals surface area contributed by atoms with Crippen molar-refractivity contribution in [2.24, 2.45) is 0 Å². The van der Waals surface area contributed by atoms with E-state index in [-0.39, 0.29) is 16.6 Å². The zero-order chi connectivity index (χ0) is 22.4. The fourth-order valence-electron chi connectivity index (χ4n) is 3.44. The summed E-state index contributed by atoms with van der Waals surface area (Å²) in [5, 5.41) is 0. The summed E-state index contributed by atoms with van der Waals surface area (Å²) in [6, 6.07) is 24.4. The van der Waals surface area contributed by atoms with Crippen molar-refractivity contribution in [3.8, 4) is 5.88 Å². The summed E-state index contributed by atoms with van der Waals surface area (Å²) in [6.07, 6.45) is 2.73. The van der Waals surface area contributed by atoms with Crippen molar-refractivity contribution in [1.82, 2.24) is 9.97 Å².